The van der Waals surface area contributed by atoms with Crippen LogP contribution in [0.1, 0.15) is 38.5 Å². The molecule has 0 aromatic rings. The van der Waals surface area contributed by atoms with Gasteiger partial charge in [0.05, 0.1) is 11.2 Å². The van der Waals surface area contributed by atoms with Crippen LogP contribution in [0.2, 0.25) is 0 Å². The van der Waals surface area contributed by atoms with E-state index in [9.17, 15) is 18.0 Å². The molecule has 3 aliphatic heterocycles. The van der Waals surface area contributed by atoms with Gasteiger partial charge in [-0.25, -0.2) is 8.42 Å². The summed E-state index contributed by atoms with van der Waals surface area (Å²) >= 11 is 0. The van der Waals surface area contributed by atoms with Crippen LogP contribution in [-0.4, -0.2) is 80.9 Å². The van der Waals surface area contributed by atoms with Gasteiger partial charge in [0.25, 0.3) is 0 Å². The van der Waals surface area contributed by atoms with Crippen LogP contribution in [0, 0.1) is 5.41 Å². The van der Waals surface area contributed by atoms with Gasteiger partial charge in [-0.05, 0) is 32.1 Å². The van der Waals surface area contributed by atoms with Crippen molar-refractivity contribution in [3.8, 4) is 0 Å². The van der Waals surface area contributed by atoms with Crippen LogP contribution in [0.3, 0.4) is 0 Å². The van der Waals surface area contributed by atoms with Gasteiger partial charge in [0.1, 0.15) is 9.84 Å². The molecule has 0 unspecified atom stereocenters. The quantitative estimate of drug-likeness (QED) is 0.715. The van der Waals surface area contributed by atoms with Gasteiger partial charge >= 0.3 is 0 Å². The SMILES string of the molecule is CS(=O)(=O)CCC(=O)N1CC[C@]2(CCCN(C3CCOCC3)C2=O)C1. The molecule has 0 saturated carbocycles. The van der Waals surface area contributed by atoms with Gasteiger partial charge in [-0.15, -0.1) is 0 Å². The lowest BCUT2D eigenvalue weighted by Gasteiger charge is -2.44. The molecule has 0 aromatic heterocycles. The van der Waals surface area contributed by atoms with Gasteiger partial charge in [-0.1, -0.05) is 0 Å². The Labute approximate surface area is 149 Å². The standard InChI is InChI=1S/C17H28N2O5S/c1-25(22,23)12-5-15(20)18-9-7-17(13-18)6-2-8-19(16(17)21)14-3-10-24-11-4-14/h14H,2-13H2,1H3/t17-/m1/s1. The number of hydrogen-bond donors (Lipinski definition) is 0. The third-order valence-corrected chi connectivity index (χ3v) is 6.74. The van der Waals surface area contributed by atoms with Crippen LogP contribution in [-0.2, 0) is 24.2 Å². The Bertz CT molecular complexity index is 629. The minimum absolute atomic E-state index is 0.00673. The zero-order chi connectivity index (χ0) is 18.1. The van der Waals surface area contributed by atoms with Gasteiger partial charge in [0.2, 0.25) is 11.8 Å². The van der Waals surface area contributed by atoms with Crippen LogP contribution in [0.25, 0.3) is 0 Å². The van der Waals surface area contributed by atoms with Crippen molar-refractivity contribution in [1.29, 1.82) is 0 Å². The highest BCUT2D eigenvalue weighted by atomic mass is 32.2. The molecule has 3 aliphatic rings. The number of hydrogen-bond acceptors (Lipinski definition) is 5. The van der Waals surface area contributed by atoms with Gasteiger partial charge in [0.15, 0.2) is 0 Å². The first-order chi connectivity index (χ1) is 11.8. The van der Waals surface area contributed by atoms with Crippen LogP contribution < -0.4 is 0 Å². The molecule has 1 atom stereocenters. The van der Waals surface area contributed by atoms with Crippen molar-refractivity contribution >= 4 is 21.7 Å². The largest absolute Gasteiger partial charge is 0.381 e. The predicted molar refractivity (Wildman–Crippen MR) is 92.7 cm³/mol. The average Bonchev–Trinajstić information content (AvgIpc) is 3.01. The number of amides is 2. The zero-order valence-corrected chi connectivity index (χ0v) is 15.7. The second-order valence-corrected chi connectivity index (χ2v) is 9.93. The monoisotopic (exact) mass is 372 g/mol. The van der Waals surface area contributed by atoms with Crippen molar-refractivity contribution in [3.63, 3.8) is 0 Å². The smallest absolute Gasteiger partial charge is 0.230 e. The maximum absolute atomic E-state index is 13.2. The van der Waals surface area contributed by atoms with Gasteiger partial charge in [-0.2, -0.15) is 0 Å². The molecule has 3 rings (SSSR count). The van der Waals surface area contributed by atoms with Gasteiger partial charge in [-0.3, -0.25) is 9.59 Å². The van der Waals surface area contributed by atoms with E-state index < -0.39 is 15.3 Å². The van der Waals surface area contributed by atoms with E-state index in [1.807, 2.05) is 4.90 Å². The summed E-state index contributed by atoms with van der Waals surface area (Å²) in [5.74, 6) is -0.0975. The van der Waals surface area contributed by atoms with Crippen LogP contribution in [0.5, 0.6) is 0 Å². The zero-order valence-electron chi connectivity index (χ0n) is 14.9. The maximum atomic E-state index is 13.2. The first-order valence-electron chi connectivity index (χ1n) is 9.15. The lowest BCUT2D eigenvalue weighted by Crippen LogP contribution is -2.55. The van der Waals surface area contributed by atoms with Crippen LogP contribution in [0.4, 0.5) is 0 Å². The highest BCUT2D eigenvalue weighted by Gasteiger charge is 2.50. The number of sulfone groups is 1. The number of ether oxygens (including phenoxy) is 1. The maximum Gasteiger partial charge on any atom is 0.230 e. The van der Waals surface area contributed by atoms with E-state index in [1.54, 1.807) is 4.90 Å². The van der Waals surface area contributed by atoms with Gasteiger partial charge < -0.3 is 14.5 Å². The molecule has 0 aliphatic carbocycles. The molecule has 0 aromatic carbocycles. The van der Waals surface area contributed by atoms with E-state index in [1.165, 1.54) is 0 Å². The highest BCUT2D eigenvalue weighted by molar-refractivity contribution is 7.90. The lowest BCUT2D eigenvalue weighted by atomic mass is 9.77. The molecule has 8 heteroatoms. The second kappa shape index (κ2) is 7.23. The molecule has 7 nitrogen and oxygen atoms in total. The van der Waals surface area contributed by atoms with E-state index in [0.717, 1.165) is 38.5 Å². The average molecular weight is 372 g/mol. The van der Waals surface area contributed by atoms with Crippen molar-refractivity contribution < 1.29 is 22.7 Å². The summed E-state index contributed by atoms with van der Waals surface area (Å²) in [5, 5.41) is 0. The molecular formula is C17H28N2O5S. The van der Waals surface area contributed by atoms with Crippen LogP contribution in [0.15, 0.2) is 0 Å². The Kier molecular flexibility index (Phi) is 5.39. The Morgan fingerprint density at radius 1 is 1.24 bits per heavy atom. The fraction of sp³-hybridized carbons (Fsp3) is 0.882. The van der Waals surface area contributed by atoms with E-state index in [4.69, 9.17) is 4.74 Å². The molecule has 3 fully saturated rings. The predicted octanol–water partition coefficient (Wildman–Crippen LogP) is 0.441. The molecule has 142 valence electrons. The van der Waals surface area contributed by atoms with Crippen molar-refractivity contribution in [2.45, 2.75) is 44.6 Å². The number of carbonyl (C=O) groups excluding carboxylic acids is 2. The van der Waals surface area contributed by atoms with E-state index in [0.29, 0.717) is 32.7 Å². The minimum atomic E-state index is -3.15. The summed E-state index contributed by atoms with van der Waals surface area (Å²) < 4.78 is 28.0. The van der Waals surface area contributed by atoms with E-state index in [2.05, 4.69) is 0 Å². The molecule has 0 radical (unpaired) electrons. The summed E-state index contributed by atoms with van der Waals surface area (Å²) in [4.78, 5) is 29.2. The summed E-state index contributed by atoms with van der Waals surface area (Å²) in [6.07, 6.45) is 5.40. The third-order valence-electron chi connectivity index (χ3n) is 5.79. The van der Waals surface area contributed by atoms with Crippen LogP contribution >= 0.6 is 0 Å². The third kappa shape index (κ3) is 4.16. The first-order valence-corrected chi connectivity index (χ1v) is 11.2. The Hall–Kier alpha value is -1.15. The number of carbonyl (C=O) groups is 2. The second-order valence-electron chi connectivity index (χ2n) is 7.67. The highest BCUT2D eigenvalue weighted by Crippen LogP contribution is 2.41. The first kappa shape index (κ1) is 18.6. The fourth-order valence-electron chi connectivity index (χ4n) is 4.34. The number of likely N-dealkylation sites (tertiary alicyclic amines) is 2. The molecule has 3 saturated heterocycles. The summed E-state index contributed by atoms with van der Waals surface area (Å²) in [5.41, 5.74) is -0.461. The van der Waals surface area contributed by atoms with Crippen molar-refractivity contribution in [1.82, 2.24) is 9.80 Å². The molecular weight excluding hydrogens is 344 g/mol. The lowest BCUT2D eigenvalue weighted by molar-refractivity contribution is -0.150. The minimum Gasteiger partial charge on any atom is -0.381 e. The number of piperidine rings is 1. The van der Waals surface area contributed by atoms with Crippen molar-refractivity contribution in [2.24, 2.45) is 5.41 Å². The molecule has 0 bridgehead atoms. The van der Waals surface area contributed by atoms with E-state index >= 15 is 0 Å². The normalized spacial score (nSPS) is 28.8. The molecule has 2 amide bonds. The number of rotatable bonds is 4. The summed E-state index contributed by atoms with van der Waals surface area (Å²) in [6, 6.07) is 0.258. The number of nitrogens with zero attached hydrogens (tertiary/aromatic N) is 2. The van der Waals surface area contributed by atoms with Crippen molar-refractivity contribution in [2.75, 3.05) is 44.9 Å². The Morgan fingerprint density at radius 2 is 1.96 bits per heavy atom. The fourth-order valence-corrected chi connectivity index (χ4v) is 4.89. The molecule has 1 spiro atoms. The van der Waals surface area contributed by atoms with Crippen molar-refractivity contribution in [3.05, 3.63) is 0 Å². The Morgan fingerprint density at radius 3 is 2.64 bits per heavy atom. The molecule has 3 heterocycles. The Balaban J connectivity index is 1.63. The summed E-state index contributed by atoms with van der Waals surface area (Å²) in [6.45, 7) is 3.20. The summed E-state index contributed by atoms with van der Waals surface area (Å²) in [7, 11) is -3.15. The topological polar surface area (TPSA) is 84.0 Å². The van der Waals surface area contributed by atoms with Gasteiger partial charge in [0, 0.05) is 51.6 Å². The van der Waals surface area contributed by atoms with E-state index in [-0.39, 0.29) is 30.0 Å². The molecule has 25 heavy (non-hydrogen) atoms. The molecule has 0 N–H and O–H groups in total.